The number of alkyl halides is 2. The molecule has 1 N–H and O–H groups in total. The smallest absolute Gasteiger partial charge is 0.387 e. The van der Waals surface area contributed by atoms with Gasteiger partial charge in [0.25, 0.3) is 0 Å². The van der Waals surface area contributed by atoms with Crippen molar-refractivity contribution in [1.29, 1.82) is 0 Å². The van der Waals surface area contributed by atoms with Gasteiger partial charge in [-0.1, -0.05) is 19.1 Å². The van der Waals surface area contributed by atoms with E-state index in [1.54, 1.807) is 12.1 Å². The van der Waals surface area contributed by atoms with Crippen LogP contribution in [0.1, 0.15) is 25.3 Å². The number of para-hydroxylation sites is 1. The number of nitrogens with zero attached hydrogens (tertiary/aromatic N) is 1. The summed E-state index contributed by atoms with van der Waals surface area (Å²) in [5.74, 6) is 0.287. The van der Waals surface area contributed by atoms with E-state index in [0.29, 0.717) is 18.0 Å². The molecule has 26 heavy (non-hydrogen) atoms. The lowest BCUT2D eigenvalue weighted by molar-refractivity contribution is -0.116. The second kappa shape index (κ2) is 10.1. The van der Waals surface area contributed by atoms with Crippen LogP contribution in [-0.4, -0.2) is 50.7 Å². The van der Waals surface area contributed by atoms with Gasteiger partial charge in [-0.05, 0) is 44.0 Å². The number of methoxy groups -OCH3 is 1. The summed E-state index contributed by atoms with van der Waals surface area (Å²) >= 11 is 0. The maximum atomic E-state index is 12.6. The number of likely N-dealkylation sites (tertiary alicyclic amines) is 1. The molecule has 1 aromatic rings. The van der Waals surface area contributed by atoms with E-state index in [0.717, 1.165) is 32.5 Å². The average molecular weight is 368 g/mol. The Bertz CT molecular complexity index is 623. The molecule has 144 valence electrons. The third-order valence-corrected chi connectivity index (χ3v) is 4.47. The van der Waals surface area contributed by atoms with E-state index in [4.69, 9.17) is 4.74 Å². The molecule has 0 aliphatic carbocycles. The van der Waals surface area contributed by atoms with Crippen molar-refractivity contribution in [1.82, 2.24) is 10.2 Å². The van der Waals surface area contributed by atoms with Crippen molar-refractivity contribution in [2.75, 3.05) is 33.3 Å². The molecular weight excluding hydrogens is 342 g/mol. The predicted molar refractivity (Wildman–Crippen MR) is 96.5 cm³/mol. The summed E-state index contributed by atoms with van der Waals surface area (Å²) in [4.78, 5) is 14.4. The molecule has 0 aromatic heterocycles. The fraction of sp³-hybridized carbons (Fsp3) is 0.526. The van der Waals surface area contributed by atoms with Crippen LogP contribution in [0.4, 0.5) is 8.78 Å². The van der Waals surface area contributed by atoms with E-state index in [9.17, 15) is 13.6 Å². The second-order valence-corrected chi connectivity index (χ2v) is 6.24. The topological polar surface area (TPSA) is 50.8 Å². The first-order valence-corrected chi connectivity index (χ1v) is 8.83. The highest BCUT2D eigenvalue weighted by molar-refractivity contribution is 5.92. The van der Waals surface area contributed by atoms with Gasteiger partial charge in [0.15, 0.2) is 11.5 Å². The van der Waals surface area contributed by atoms with Gasteiger partial charge in [0.05, 0.1) is 7.11 Å². The average Bonchev–Trinajstić information content (AvgIpc) is 2.65. The molecule has 1 saturated heterocycles. The van der Waals surface area contributed by atoms with Gasteiger partial charge < -0.3 is 19.7 Å². The summed E-state index contributed by atoms with van der Waals surface area (Å²) in [7, 11) is 1.37. The highest BCUT2D eigenvalue weighted by atomic mass is 19.3. The van der Waals surface area contributed by atoms with Crippen molar-refractivity contribution in [2.45, 2.75) is 26.4 Å². The molecule has 1 atom stereocenters. The first-order chi connectivity index (χ1) is 12.5. The molecule has 2 rings (SSSR count). The highest BCUT2D eigenvalue weighted by Crippen LogP contribution is 2.33. The standard InChI is InChI=1S/C19H26F2N2O3/c1-3-23-11-5-6-14(13-23)12-22-17(24)10-9-15-7-4-8-16(25-2)18(15)26-19(20)21/h4,7-10,14,19H,3,5-6,11-13H2,1-2H3,(H,22,24)/b10-9+/t14-/m0/s1. The van der Waals surface area contributed by atoms with Crippen LogP contribution < -0.4 is 14.8 Å². The van der Waals surface area contributed by atoms with Crippen molar-refractivity contribution in [3.8, 4) is 11.5 Å². The molecule has 5 nitrogen and oxygen atoms in total. The molecule has 0 saturated carbocycles. The van der Waals surface area contributed by atoms with Crippen LogP contribution in [0.25, 0.3) is 6.08 Å². The SMILES string of the molecule is CCN1CCC[C@@H](CNC(=O)/C=C/c2cccc(OC)c2OC(F)F)C1. The lowest BCUT2D eigenvalue weighted by Gasteiger charge is -2.31. The number of hydrogen-bond donors (Lipinski definition) is 1. The zero-order valence-electron chi connectivity index (χ0n) is 15.2. The van der Waals surface area contributed by atoms with Crippen LogP contribution in [0.5, 0.6) is 11.5 Å². The molecular formula is C19H26F2N2O3. The van der Waals surface area contributed by atoms with Crippen LogP contribution in [0, 0.1) is 5.92 Å². The summed E-state index contributed by atoms with van der Waals surface area (Å²) in [6, 6.07) is 4.76. The molecule has 0 radical (unpaired) electrons. The Labute approximate surface area is 153 Å². The number of piperidine rings is 1. The van der Waals surface area contributed by atoms with Gasteiger partial charge in [0, 0.05) is 24.7 Å². The number of amides is 1. The van der Waals surface area contributed by atoms with E-state index in [-0.39, 0.29) is 17.4 Å². The van der Waals surface area contributed by atoms with Gasteiger partial charge in [-0.2, -0.15) is 8.78 Å². The van der Waals surface area contributed by atoms with Gasteiger partial charge in [0.2, 0.25) is 5.91 Å². The van der Waals surface area contributed by atoms with Gasteiger partial charge in [-0.25, -0.2) is 0 Å². The summed E-state index contributed by atoms with van der Waals surface area (Å²) in [6.45, 7) is 2.90. The molecule has 1 fully saturated rings. The van der Waals surface area contributed by atoms with E-state index in [1.807, 2.05) is 0 Å². The Balaban J connectivity index is 1.95. The Morgan fingerprint density at radius 1 is 1.46 bits per heavy atom. The highest BCUT2D eigenvalue weighted by Gasteiger charge is 2.19. The Kier molecular flexibility index (Phi) is 7.84. The van der Waals surface area contributed by atoms with Gasteiger partial charge in [0.1, 0.15) is 0 Å². The van der Waals surface area contributed by atoms with Crippen LogP contribution in [-0.2, 0) is 4.79 Å². The number of ether oxygens (including phenoxy) is 2. The van der Waals surface area contributed by atoms with E-state index >= 15 is 0 Å². The largest absolute Gasteiger partial charge is 0.493 e. The molecule has 1 amide bonds. The normalized spacial score (nSPS) is 18.3. The molecule has 0 spiro atoms. The van der Waals surface area contributed by atoms with Crippen LogP contribution in [0.3, 0.4) is 0 Å². The number of carbonyl (C=O) groups excluding carboxylic acids is 1. The fourth-order valence-electron chi connectivity index (χ4n) is 3.11. The molecule has 1 aliphatic heterocycles. The maximum Gasteiger partial charge on any atom is 0.387 e. The van der Waals surface area contributed by atoms with Gasteiger partial charge >= 0.3 is 6.61 Å². The maximum absolute atomic E-state index is 12.6. The van der Waals surface area contributed by atoms with Crippen LogP contribution in [0.2, 0.25) is 0 Å². The fourth-order valence-corrected chi connectivity index (χ4v) is 3.11. The van der Waals surface area contributed by atoms with Gasteiger partial charge in [-0.15, -0.1) is 0 Å². The molecule has 7 heteroatoms. The first-order valence-electron chi connectivity index (χ1n) is 8.83. The number of nitrogens with one attached hydrogen (secondary N) is 1. The number of carbonyl (C=O) groups is 1. The zero-order valence-corrected chi connectivity index (χ0v) is 15.2. The Morgan fingerprint density at radius 2 is 2.27 bits per heavy atom. The summed E-state index contributed by atoms with van der Waals surface area (Å²) < 4.78 is 34.8. The van der Waals surface area contributed by atoms with Crippen molar-refractivity contribution in [3.63, 3.8) is 0 Å². The Hall–Kier alpha value is -2.15. The van der Waals surface area contributed by atoms with Crippen molar-refractivity contribution < 1.29 is 23.0 Å². The minimum absolute atomic E-state index is 0.0834. The number of halogens is 2. The van der Waals surface area contributed by atoms with E-state index < -0.39 is 6.61 Å². The number of benzene rings is 1. The summed E-state index contributed by atoms with van der Waals surface area (Å²) in [5, 5.41) is 2.88. The van der Waals surface area contributed by atoms with Crippen molar-refractivity contribution >= 4 is 12.0 Å². The molecule has 1 aromatic carbocycles. The third-order valence-electron chi connectivity index (χ3n) is 4.47. The zero-order chi connectivity index (χ0) is 18.9. The van der Waals surface area contributed by atoms with Crippen molar-refractivity contribution in [2.24, 2.45) is 5.92 Å². The minimum atomic E-state index is -2.97. The first kappa shape index (κ1) is 20.2. The minimum Gasteiger partial charge on any atom is -0.493 e. The predicted octanol–water partition coefficient (Wildman–Crippen LogP) is 3.16. The molecule has 1 aliphatic rings. The molecule has 0 unspecified atom stereocenters. The summed E-state index contributed by atoms with van der Waals surface area (Å²) in [6.07, 6.45) is 5.02. The van der Waals surface area contributed by atoms with Crippen LogP contribution >= 0.6 is 0 Å². The third kappa shape index (κ3) is 5.98. The van der Waals surface area contributed by atoms with E-state index in [2.05, 4.69) is 21.9 Å². The van der Waals surface area contributed by atoms with E-state index in [1.165, 1.54) is 25.3 Å². The lowest BCUT2D eigenvalue weighted by Crippen LogP contribution is -2.40. The number of hydrogen-bond acceptors (Lipinski definition) is 4. The number of rotatable bonds is 8. The second-order valence-electron chi connectivity index (χ2n) is 6.24. The van der Waals surface area contributed by atoms with Crippen LogP contribution in [0.15, 0.2) is 24.3 Å². The molecule has 0 bridgehead atoms. The quantitative estimate of drug-likeness (QED) is 0.716. The van der Waals surface area contributed by atoms with Crippen molar-refractivity contribution in [3.05, 3.63) is 29.8 Å². The molecule has 1 heterocycles. The Morgan fingerprint density at radius 3 is 2.96 bits per heavy atom. The monoisotopic (exact) mass is 368 g/mol. The summed E-state index contributed by atoms with van der Waals surface area (Å²) in [5.41, 5.74) is 0.356. The lowest BCUT2D eigenvalue weighted by atomic mass is 9.98. The van der Waals surface area contributed by atoms with Gasteiger partial charge in [-0.3, -0.25) is 4.79 Å².